The van der Waals surface area contributed by atoms with Gasteiger partial charge in [-0.15, -0.1) is 0 Å². The molecule has 0 radical (unpaired) electrons. The van der Waals surface area contributed by atoms with E-state index in [0.29, 0.717) is 30.3 Å². The largest absolute Gasteiger partial charge is 0.368 e. The second-order valence-corrected chi connectivity index (χ2v) is 8.41. The summed E-state index contributed by atoms with van der Waals surface area (Å²) in [5.74, 6) is 0.0536. The molecule has 1 aromatic carbocycles. The summed E-state index contributed by atoms with van der Waals surface area (Å²) in [6.45, 7) is 0.699. The summed E-state index contributed by atoms with van der Waals surface area (Å²) in [6, 6.07) is 5.03. The molecule has 0 aliphatic carbocycles. The average Bonchev–Trinajstić information content (AvgIpc) is 3.22. The van der Waals surface area contributed by atoms with Crippen LogP contribution in [0.15, 0.2) is 52.3 Å². The third kappa shape index (κ3) is 4.47. The van der Waals surface area contributed by atoms with Crippen LogP contribution < -0.4 is 0 Å². The number of aromatic nitrogens is 4. The molecule has 9 nitrogen and oxygen atoms in total. The highest BCUT2D eigenvalue weighted by Crippen LogP contribution is 2.23. The van der Waals surface area contributed by atoms with Gasteiger partial charge in [0.2, 0.25) is 15.8 Å². The van der Waals surface area contributed by atoms with E-state index >= 15 is 0 Å². The van der Waals surface area contributed by atoms with Crippen LogP contribution in [-0.2, 0) is 21.4 Å². The summed E-state index contributed by atoms with van der Waals surface area (Å²) < 4.78 is 50.9. The molecule has 0 atom stereocenters. The predicted octanol–water partition coefficient (Wildman–Crippen LogP) is 2.04. The van der Waals surface area contributed by atoms with E-state index in [1.807, 2.05) is 0 Å². The molecule has 0 N–H and O–H groups in total. The molecule has 29 heavy (non-hydrogen) atoms. The van der Waals surface area contributed by atoms with Gasteiger partial charge in [0, 0.05) is 25.5 Å². The zero-order valence-electron chi connectivity index (χ0n) is 15.3. The van der Waals surface area contributed by atoms with Crippen molar-refractivity contribution in [3.05, 3.63) is 54.6 Å². The van der Waals surface area contributed by atoms with Crippen LogP contribution >= 0.6 is 0 Å². The standard InChI is InChI=1S/C18H18FN5O4S/c19-13-2-1-3-15(10-13)29(25,26)24-8-4-14(5-9-24)27-12-17-22-18(23-28-17)16-11-20-6-7-21-16/h1-3,6-7,10-11,14H,4-5,8-9,12H2. The molecule has 3 heterocycles. The van der Waals surface area contributed by atoms with Gasteiger partial charge in [-0.1, -0.05) is 11.2 Å². The monoisotopic (exact) mass is 419 g/mol. The van der Waals surface area contributed by atoms with Crippen molar-refractivity contribution in [2.75, 3.05) is 13.1 Å². The number of sulfonamides is 1. The Kier molecular flexibility index (Phi) is 5.60. The van der Waals surface area contributed by atoms with Crippen LogP contribution in [0.5, 0.6) is 0 Å². The maximum atomic E-state index is 13.4. The topological polar surface area (TPSA) is 111 Å². The first-order valence-corrected chi connectivity index (χ1v) is 10.4. The van der Waals surface area contributed by atoms with Gasteiger partial charge in [-0.25, -0.2) is 17.8 Å². The van der Waals surface area contributed by atoms with Crippen molar-refractivity contribution in [3.8, 4) is 11.5 Å². The molecule has 1 aliphatic rings. The first-order valence-electron chi connectivity index (χ1n) is 8.98. The van der Waals surface area contributed by atoms with E-state index in [9.17, 15) is 12.8 Å². The average molecular weight is 419 g/mol. The summed E-state index contributed by atoms with van der Waals surface area (Å²) in [6.07, 6.45) is 5.51. The Labute approximate surface area is 166 Å². The Morgan fingerprint density at radius 3 is 2.79 bits per heavy atom. The van der Waals surface area contributed by atoms with Gasteiger partial charge in [0.05, 0.1) is 17.2 Å². The molecular weight excluding hydrogens is 401 g/mol. The summed E-state index contributed by atoms with van der Waals surface area (Å²) in [5, 5.41) is 3.85. The molecule has 152 valence electrons. The number of hydrogen-bond donors (Lipinski definition) is 0. The van der Waals surface area contributed by atoms with Gasteiger partial charge in [-0.3, -0.25) is 4.98 Å². The highest BCUT2D eigenvalue weighted by atomic mass is 32.2. The Morgan fingerprint density at radius 2 is 2.07 bits per heavy atom. The van der Waals surface area contributed by atoms with E-state index in [-0.39, 0.29) is 30.7 Å². The molecular formula is C18H18FN5O4S. The molecule has 11 heteroatoms. The van der Waals surface area contributed by atoms with Crippen LogP contribution in [0.2, 0.25) is 0 Å². The lowest BCUT2D eigenvalue weighted by atomic mass is 10.1. The number of ether oxygens (including phenoxy) is 1. The fraction of sp³-hybridized carbons (Fsp3) is 0.333. The first kappa shape index (κ1) is 19.6. The molecule has 1 saturated heterocycles. The molecule has 2 aromatic heterocycles. The smallest absolute Gasteiger partial charge is 0.253 e. The minimum atomic E-state index is -3.72. The van der Waals surface area contributed by atoms with Gasteiger partial charge >= 0.3 is 0 Å². The van der Waals surface area contributed by atoms with Crippen molar-refractivity contribution in [3.63, 3.8) is 0 Å². The molecule has 3 aromatic rings. The van der Waals surface area contributed by atoms with E-state index in [2.05, 4.69) is 20.1 Å². The van der Waals surface area contributed by atoms with E-state index in [1.165, 1.54) is 34.9 Å². The van der Waals surface area contributed by atoms with Crippen LogP contribution in [-0.4, -0.2) is 52.0 Å². The normalized spacial score (nSPS) is 16.2. The van der Waals surface area contributed by atoms with Crippen molar-refractivity contribution in [1.29, 1.82) is 0 Å². The summed E-state index contributed by atoms with van der Waals surface area (Å²) in [7, 11) is -3.72. The Morgan fingerprint density at radius 1 is 1.24 bits per heavy atom. The Hall–Kier alpha value is -2.76. The predicted molar refractivity (Wildman–Crippen MR) is 98.3 cm³/mol. The molecule has 0 unspecified atom stereocenters. The van der Waals surface area contributed by atoms with Crippen molar-refractivity contribution >= 4 is 10.0 Å². The lowest BCUT2D eigenvalue weighted by Gasteiger charge is -2.30. The van der Waals surface area contributed by atoms with Crippen molar-refractivity contribution in [2.24, 2.45) is 0 Å². The molecule has 4 rings (SSSR count). The maximum Gasteiger partial charge on any atom is 0.253 e. The fourth-order valence-corrected chi connectivity index (χ4v) is 4.54. The molecule has 0 spiro atoms. The van der Waals surface area contributed by atoms with Crippen molar-refractivity contribution < 1.29 is 22.1 Å². The molecule has 1 aliphatic heterocycles. The number of piperidine rings is 1. The number of nitrogens with zero attached hydrogens (tertiary/aromatic N) is 5. The molecule has 1 fully saturated rings. The minimum absolute atomic E-state index is 0.0423. The van der Waals surface area contributed by atoms with Gasteiger partial charge in [-0.2, -0.15) is 9.29 Å². The second kappa shape index (κ2) is 8.31. The quantitative estimate of drug-likeness (QED) is 0.597. The van der Waals surface area contributed by atoms with Gasteiger partial charge in [0.25, 0.3) is 5.89 Å². The Bertz CT molecular complexity index is 1070. The van der Waals surface area contributed by atoms with E-state index in [0.717, 1.165) is 6.07 Å². The third-order valence-electron chi connectivity index (χ3n) is 4.54. The number of hydrogen-bond acceptors (Lipinski definition) is 8. The summed E-state index contributed by atoms with van der Waals surface area (Å²) in [5.41, 5.74) is 0.498. The highest BCUT2D eigenvalue weighted by molar-refractivity contribution is 7.89. The number of rotatable bonds is 6. The lowest BCUT2D eigenvalue weighted by Crippen LogP contribution is -2.40. The van der Waals surface area contributed by atoms with Gasteiger partial charge in [0.1, 0.15) is 18.1 Å². The summed E-state index contributed by atoms with van der Waals surface area (Å²) in [4.78, 5) is 12.2. The molecule has 0 saturated carbocycles. The van der Waals surface area contributed by atoms with Crippen molar-refractivity contribution in [1.82, 2.24) is 24.4 Å². The van der Waals surface area contributed by atoms with Crippen LogP contribution in [0, 0.1) is 5.82 Å². The van der Waals surface area contributed by atoms with E-state index in [4.69, 9.17) is 9.26 Å². The first-order chi connectivity index (χ1) is 14.0. The van der Waals surface area contributed by atoms with E-state index in [1.54, 1.807) is 6.20 Å². The second-order valence-electron chi connectivity index (χ2n) is 6.47. The van der Waals surface area contributed by atoms with Crippen LogP contribution in [0.25, 0.3) is 11.5 Å². The SMILES string of the molecule is O=S(=O)(c1cccc(F)c1)N1CCC(OCc2nc(-c3cnccn3)no2)CC1. The zero-order chi connectivity index (χ0) is 20.3. The third-order valence-corrected chi connectivity index (χ3v) is 6.43. The zero-order valence-corrected chi connectivity index (χ0v) is 16.1. The van der Waals surface area contributed by atoms with Crippen molar-refractivity contribution in [2.45, 2.75) is 30.4 Å². The number of halogens is 1. The fourth-order valence-electron chi connectivity index (χ4n) is 3.04. The van der Waals surface area contributed by atoms with Gasteiger partial charge in [0.15, 0.2) is 0 Å². The molecule has 0 bridgehead atoms. The van der Waals surface area contributed by atoms with Gasteiger partial charge in [-0.05, 0) is 31.0 Å². The molecule has 0 amide bonds. The maximum absolute atomic E-state index is 13.4. The van der Waals surface area contributed by atoms with Gasteiger partial charge < -0.3 is 9.26 Å². The lowest BCUT2D eigenvalue weighted by molar-refractivity contribution is -0.00119. The summed E-state index contributed by atoms with van der Waals surface area (Å²) >= 11 is 0. The Balaban J connectivity index is 1.31. The highest BCUT2D eigenvalue weighted by Gasteiger charge is 2.30. The van der Waals surface area contributed by atoms with Crippen LogP contribution in [0.4, 0.5) is 4.39 Å². The van der Waals surface area contributed by atoms with Crippen LogP contribution in [0.1, 0.15) is 18.7 Å². The minimum Gasteiger partial charge on any atom is -0.368 e. The van der Waals surface area contributed by atoms with E-state index < -0.39 is 15.8 Å². The van der Waals surface area contributed by atoms with Crippen LogP contribution in [0.3, 0.4) is 0 Å². The number of benzene rings is 1.